The van der Waals surface area contributed by atoms with Crippen molar-refractivity contribution in [1.29, 1.82) is 0 Å². The maximum Gasteiger partial charge on any atom is 0.253 e. The van der Waals surface area contributed by atoms with Crippen molar-refractivity contribution in [2.75, 3.05) is 98.2 Å². The van der Waals surface area contributed by atoms with Gasteiger partial charge in [0.25, 0.3) is 11.8 Å². The van der Waals surface area contributed by atoms with E-state index in [2.05, 4.69) is 57.5 Å². The van der Waals surface area contributed by atoms with Gasteiger partial charge < -0.3 is 36.0 Å². The molecule has 6 aromatic rings. The molecule has 282 valence electrons. The topological polar surface area (TPSA) is 118 Å². The highest BCUT2D eigenvalue weighted by Gasteiger charge is 2.17. The number of nitrogens with one attached hydrogen (secondary N) is 4. The molecule has 0 atom stereocenters. The van der Waals surface area contributed by atoms with Gasteiger partial charge in [-0.05, 0) is 110 Å². The van der Waals surface area contributed by atoms with E-state index in [4.69, 9.17) is 9.97 Å². The lowest BCUT2D eigenvalue weighted by atomic mass is 10.0. The lowest BCUT2D eigenvalue weighted by Gasteiger charge is -2.18. The number of para-hydroxylation sites is 2. The SMILES string of the molecule is CN(C)CCNC(=O)c1ccc(NCCCN(C)CCCNc2ccc(C(=O)NCCN(C)C)c3nc4ccccc4cc23)c2cc3ccccc3nc12. The van der Waals surface area contributed by atoms with E-state index in [-0.39, 0.29) is 11.8 Å². The quantitative estimate of drug-likeness (QED) is 0.0634. The Morgan fingerprint density at radius 3 is 1.39 bits per heavy atom. The van der Waals surface area contributed by atoms with E-state index in [0.29, 0.717) is 35.2 Å². The molecular weight excluding hydrogens is 675 g/mol. The largest absolute Gasteiger partial charge is 0.384 e. The molecule has 0 bridgehead atoms. The minimum absolute atomic E-state index is 0.110. The summed E-state index contributed by atoms with van der Waals surface area (Å²) in [6, 6.07) is 28.1. The van der Waals surface area contributed by atoms with Gasteiger partial charge in [-0.3, -0.25) is 9.59 Å². The first kappa shape index (κ1) is 38.4. The second-order valence-corrected chi connectivity index (χ2v) is 14.5. The first-order chi connectivity index (χ1) is 26.2. The normalized spacial score (nSPS) is 11.7. The number of pyridine rings is 2. The molecule has 11 nitrogen and oxygen atoms in total. The molecule has 0 saturated carbocycles. The molecule has 0 saturated heterocycles. The number of likely N-dealkylation sites (N-methyl/N-ethyl adjacent to an activating group) is 2. The standard InChI is InChI=1S/C43H53N9O2/c1-50(2)26-22-46-42(53)32-16-18-38(34-28-30-12-6-8-14-36(30)48-40(32)34)44-20-10-24-52(5)25-11-21-45-39-19-17-33(43(54)47-23-27-51(3)4)41-35(39)29-31-13-7-9-15-37(31)49-41/h6-9,12-19,28-29,44-45H,10-11,20-27H2,1-5H3,(H,46,53)(H,47,54). The smallest absolute Gasteiger partial charge is 0.253 e. The Morgan fingerprint density at radius 2 is 0.963 bits per heavy atom. The van der Waals surface area contributed by atoms with Gasteiger partial charge >= 0.3 is 0 Å². The third kappa shape index (κ3) is 9.59. The number of carbonyl (C=O) groups is 2. The predicted octanol–water partition coefficient (Wildman–Crippen LogP) is 5.91. The summed E-state index contributed by atoms with van der Waals surface area (Å²) in [6.45, 7) is 6.14. The van der Waals surface area contributed by atoms with Gasteiger partial charge in [0.1, 0.15) is 0 Å². The zero-order chi connectivity index (χ0) is 38.0. The van der Waals surface area contributed by atoms with Gasteiger partial charge in [-0.2, -0.15) is 0 Å². The van der Waals surface area contributed by atoms with Gasteiger partial charge in [0.05, 0.1) is 33.2 Å². The van der Waals surface area contributed by atoms with Gasteiger partial charge in [-0.15, -0.1) is 0 Å². The van der Waals surface area contributed by atoms with Gasteiger partial charge in [-0.1, -0.05) is 36.4 Å². The minimum atomic E-state index is -0.110. The third-order valence-corrected chi connectivity index (χ3v) is 9.61. The minimum Gasteiger partial charge on any atom is -0.384 e. The molecule has 54 heavy (non-hydrogen) atoms. The van der Waals surface area contributed by atoms with Crippen LogP contribution < -0.4 is 21.3 Å². The fourth-order valence-electron chi connectivity index (χ4n) is 6.63. The summed E-state index contributed by atoms with van der Waals surface area (Å²) >= 11 is 0. The molecule has 4 N–H and O–H groups in total. The molecule has 2 aromatic heterocycles. The molecule has 2 amide bonds. The number of hydrogen-bond donors (Lipinski definition) is 4. The third-order valence-electron chi connectivity index (χ3n) is 9.61. The van der Waals surface area contributed by atoms with Crippen LogP contribution in [0.2, 0.25) is 0 Å². The molecule has 2 heterocycles. The van der Waals surface area contributed by atoms with Crippen LogP contribution in [0.5, 0.6) is 0 Å². The maximum absolute atomic E-state index is 13.2. The Kier molecular flexibility index (Phi) is 12.9. The number of amides is 2. The number of benzene rings is 4. The molecular formula is C43H53N9O2. The van der Waals surface area contributed by atoms with E-state index in [0.717, 1.165) is 96.1 Å². The van der Waals surface area contributed by atoms with Crippen LogP contribution in [0.25, 0.3) is 43.6 Å². The first-order valence-electron chi connectivity index (χ1n) is 18.8. The van der Waals surface area contributed by atoms with Crippen LogP contribution in [-0.4, -0.2) is 124 Å². The Bertz CT molecular complexity index is 2080. The molecule has 0 aliphatic heterocycles. The van der Waals surface area contributed by atoms with Crippen LogP contribution in [0.4, 0.5) is 11.4 Å². The van der Waals surface area contributed by atoms with Crippen molar-refractivity contribution in [2.45, 2.75) is 12.8 Å². The summed E-state index contributed by atoms with van der Waals surface area (Å²) in [4.78, 5) is 42.7. The van der Waals surface area contributed by atoms with Crippen LogP contribution in [0.1, 0.15) is 33.6 Å². The van der Waals surface area contributed by atoms with E-state index >= 15 is 0 Å². The van der Waals surface area contributed by atoms with Crippen molar-refractivity contribution in [2.24, 2.45) is 0 Å². The number of nitrogens with zero attached hydrogens (tertiary/aromatic N) is 5. The van der Waals surface area contributed by atoms with Crippen LogP contribution in [-0.2, 0) is 0 Å². The second-order valence-electron chi connectivity index (χ2n) is 14.5. The second kappa shape index (κ2) is 18.1. The van der Waals surface area contributed by atoms with Crippen LogP contribution in [0, 0.1) is 0 Å². The van der Waals surface area contributed by atoms with Crippen molar-refractivity contribution < 1.29 is 9.59 Å². The van der Waals surface area contributed by atoms with Crippen LogP contribution >= 0.6 is 0 Å². The molecule has 0 radical (unpaired) electrons. The lowest BCUT2D eigenvalue weighted by Crippen LogP contribution is -2.31. The van der Waals surface area contributed by atoms with Gasteiger partial charge in [0.15, 0.2) is 0 Å². The van der Waals surface area contributed by atoms with E-state index < -0.39 is 0 Å². The first-order valence-corrected chi connectivity index (χ1v) is 18.8. The Morgan fingerprint density at radius 1 is 0.537 bits per heavy atom. The summed E-state index contributed by atoms with van der Waals surface area (Å²) in [6.07, 6.45) is 1.92. The summed E-state index contributed by atoms with van der Waals surface area (Å²) in [5, 5.41) is 17.3. The fraction of sp³-hybridized carbons (Fsp3) is 0.349. The molecule has 6 rings (SSSR count). The summed E-state index contributed by atoms with van der Waals surface area (Å²) in [5.74, 6) is -0.220. The number of fused-ring (bicyclic) bond motifs is 4. The molecule has 0 aliphatic carbocycles. The monoisotopic (exact) mass is 727 g/mol. The van der Waals surface area contributed by atoms with Crippen molar-refractivity contribution >= 4 is 66.8 Å². The molecule has 11 heteroatoms. The van der Waals surface area contributed by atoms with Gasteiger partial charge in [0, 0.05) is 72.2 Å². The number of anilines is 2. The zero-order valence-corrected chi connectivity index (χ0v) is 32.2. The van der Waals surface area contributed by atoms with E-state index in [1.165, 1.54) is 0 Å². The number of rotatable bonds is 18. The van der Waals surface area contributed by atoms with Crippen molar-refractivity contribution in [1.82, 2.24) is 35.3 Å². The number of hydrogen-bond acceptors (Lipinski definition) is 9. The Labute approximate surface area is 318 Å². The Balaban J connectivity index is 1.04. The maximum atomic E-state index is 13.2. The highest BCUT2D eigenvalue weighted by molar-refractivity contribution is 6.12. The molecule has 0 aliphatic rings. The highest BCUT2D eigenvalue weighted by Crippen LogP contribution is 2.30. The number of carbonyl (C=O) groups excluding carboxylic acids is 2. The summed E-state index contributed by atoms with van der Waals surface area (Å²) in [5.41, 5.74) is 6.29. The molecule has 4 aromatic carbocycles. The highest BCUT2D eigenvalue weighted by atomic mass is 16.2. The van der Waals surface area contributed by atoms with E-state index in [1.54, 1.807) is 0 Å². The van der Waals surface area contributed by atoms with Crippen molar-refractivity contribution in [3.8, 4) is 0 Å². The molecule has 0 fully saturated rings. The van der Waals surface area contributed by atoms with Crippen LogP contribution in [0.3, 0.4) is 0 Å². The van der Waals surface area contributed by atoms with Crippen molar-refractivity contribution in [3.63, 3.8) is 0 Å². The average molecular weight is 728 g/mol. The van der Waals surface area contributed by atoms with E-state index in [9.17, 15) is 9.59 Å². The molecule has 0 spiro atoms. The summed E-state index contributed by atoms with van der Waals surface area (Å²) in [7, 11) is 10.1. The van der Waals surface area contributed by atoms with Crippen molar-refractivity contribution in [3.05, 3.63) is 96.1 Å². The van der Waals surface area contributed by atoms with E-state index in [1.807, 2.05) is 98.7 Å². The lowest BCUT2D eigenvalue weighted by molar-refractivity contribution is 0.0944. The van der Waals surface area contributed by atoms with Gasteiger partial charge in [-0.25, -0.2) is 9.97 Å². The summed E-state index contributed by atoms with van der Waals surface area (Å²) < 4.78 is 0. The Hall–Kier alpha value is -5.36. The van der Waals surface area contributed by atoms with Gasteiger partial charge in [0.2, 0.25) is 0 Å². The average Bonchev–Trinajstić information content (AvgIpc) is 3.16. The van der Waals surface area contributed by atoms with Crippen LogP contribution in [0.15, 0.2) is 84.9 Å². The molecule has 0 unspecified atom stereocenters. The zero-order valence-electron chi connectivity index (χ0n) is 32.2. The number of aromatic nitrogens is 2. The fourth-order valence-corrected chi connectivity index (χ4v) is 6.63. The predicted molar refractivity (Wildman–Crippen MR) is 224 cm³/mol.